The van der Waals surface area contributed by atoms with Gasteiger partial charge in [0, 0.05) is 24.1 Å². The van der Waals surface area contributed by atoms with Gasteiger partial charge in [0.05, 0.1) is 23.1 Å². The van der Waals surface area contributed by atoms with Crippen LogP contribution in [0, 0.1) is 13.8 Å². The molecule has 0 spiro atoms. The van der Waals surface area contributed by atoms with Crippen LogP contribution in [0.25, 0.3) is 5.69 Å². The monoisotopic (exact) mass is 389 g/mol. The van der Waals surface area contributed by atoms with E-state index in [1.807, 2.05) is 61.0 Å². The van der Waals surface area contributed by atoms with E-state index in [4.69, 9.17) is 0 Å². The minimum absolute atomic E-state index is 0.0551. The molecule has 1 N–H and O–H groups in total. The first-order valence-corrected chi connectivity index (χ1v) is 10.2. The van der Waals surface area contributed by atoms with Crippen molar-refractivity contribution in [3.63, 3.8) is 0 Å². The van der Waals surface area contributed by atoms with Crippen molar-refractivity contribution >= 4 is 11.6 Å². The van der Waals surface area contributed by atoms with E-state index in [9.17, 15) is 4.79 Å². The van der Waals surface area contributed by atoms with Crippen LogP contribution in [0.2, 0.25) is 0 Å². The standard InChI is InChI=1S/C23H27N5O/c1-17-15-18(2)28(26-17)21-11-9-19(10-12-21)25-23(29)22-8-4-6-14-27(22)16-20-7-3-5-13-24-20/h3,5,7,9-13,15,22H,4,6,8,14,16H2,1-2H3,(H,25,29)/t22-/m0/s1. The largest absolute Gasteiger partial charge is 0.325 e. The van der Waals surface area contributed by atoms with Crippen LogP contribution < -0.4 is 5.32 Å². The fourth-order valence-corrected chi connectivity index (χ4v) is 3.98. The Kier molecular flexibility index (Phi) is 5.71. The van der Waals surface area contributed by atoms with Crippen LogP contribution in [0.3, 0.4) is 0 Å². The Labute approximate surface area is 171 Å². The molecule has 0 aliphatic carbocycles. The summed E-state index contributed by atoms with van der Waals surface area (Å²) in [5, 5.41) is 7.61. The number of amides is 1. The molecule has 3 aromatic rings. The SMILES string of the molecule is Cc1cc(C)n(-c2ccc(NC(=O)[C@@H]3CCCCN3Cc3ccccn3)cc2)n1. The van der Waals surface area contributed by atoms with E-state index in [0.29, 0.717) is 6.54 Å². The molecule has 1 aliphatic rings. The zero-order valence-corrected chi connectivity index (χ0v) is 17.0. The van der Waals surface area contributed by atoms with Gasteiger partial charge in [0.25, 0.3) is 0 Å². The summed E-state index contributed by atoms with van der Waals surface area (Å²) >= 11 is 0. The third-order valence-electron chi connectivity index (χ3n) is 5.40. The number of piperidine rings is 1. The van der Waals surface area contributed by atoms with Crippen LogP contribution in [-0.2, 0) is 11.3 Å². The molecule has 6 nitrogen and oxygen atoms in total. The van der Waals surface area contributed by atoms with Gasteiger partial charge in [0.15, 0.2) is 0 Å². The van der Waals surface area contributed by atoms with Crippen LogP contribution in [-0.4, -0.2) is 38.2 Å². The summed E-state index contributed by atoms with van der Waals surface area (Å²) < 4.78 is 1.91. The Morgan fingerprint density at radius 2 is 1.97 bits per heavy atom. The van der Waals surface area contributed by atoms with Crippen molar-refractivity contribution < 1.29 is 4.79 Å². The number of benzene rings is 1. The lowest BCUT2D eigenvalue weighted by Gasteiger charge is -2.34. The molecule has 1 aliphatic heterocycles. The zero-order chi connectivity index (χ0) is 20.2. The van der Waals surface area contributed by atoms with Crippen molar-refractivity contribution in [2.45, 2.75) is 45.7 Å². The van der Waals surface area contributed by atoms with Gasteiger partial charge < -0.3 is 5.32 Å². The van der Waals surface area contributed by atoms with E-state index in [1.165, 1.54) is 0 Å². The lowest BCUT2D eigenvalue weighted by molar-refractivity contribution is -0.122. The number of carbonyl (C=O) groups is 1. The first-order valence-electron chi connectivity index (χ1n) is 10.2. The molecule has 1 amide bonds. The average molecular weight is 390 g/mol. The lowest BCUT2D eigenvalue weighted by atomic mass is 10.0. The summed E-state index contributed by atoms with van der Waals surface area (Å²) in [6.45, 7) is 5.65. The minimum Gasteiger partial charge on any atom is -0.325 e. The summed E-state index contributed by atoms with van der Waals surface area (Å²) in [7, 11) is 0. The summed E-state index contributed by atoms with van der Waals surface area (Å²) in [6.07, 6.45) is 4.88. The van der Waals surface area contributed by atoms with Gasteiger partial charge in [0.2, 0.25) is 5.91 Å². The number of hydrogen-bond donors (Lipinski definition) is 1. The Morgan fingerprint density at radius 3 is 2.66 bits per heavy atom. The van der Waals surface area contributed by atoms with Crippen molar-refractivity contribution in [3.8, 4) is 5.69 Å². The van der Waals surface area contributed by atoms with Crippen molar-refractivity contribution in [3.05, 3.63) is 71.8 Å². The molecule has 3 heterocycles. The highest BCUT2D eigenvalue weighted by molar-refractivity contribution is 5.95. The Hall–Kier alpha value is -2.99. The van der Waals surface area contributed by atoms with Crippen molar-refractivity contribution in [2.75, 3.05) is 11.9 Å². The number of rotatable bonds is 5. The molecular formula is C23H27N5O. The molecule has 150 valence electrons. The van der Waals surface area contributed by atoms with Crippen LogP contribution >= 0.6 is 0 Å². The predicted molar refractivity (Wildman–Crippen MR) is 114 cm³/mol. The second-order valence-corrected chi connectivity index (χ2v) is 7.68. The third kappa shape index (κ3) is 4.54. The number of nitrogens with one attached hydrogen (secondary N) is 1. The maximum atomic E-state index is 13.0. The molecule has 1 atom stereocenters. The molecule has 6 heteroatoms. The second kappa shape index (κ2) is 8.57. The van der Waals surface area contributed by atoms with E-state index < -0.39 is 0 Å². The lowest BCUT2D eigenvalue weighted by Crippen LogP contribution is -2.46. The van der Waals surface area contributed by atoms with Gasteiger partial charge in [-0.05, 0) is 75.7 Å². The van der Waals surface area contributed by atoms with Gasteiger partial charge in [-0.15, -0.1) is 0 Å². The molecule has 29 heavy (non-hydrogen) atoms. The van der Waals surface area contributed by atoms with Gasteiger partial charge in [-0.3, -0.25) is 14.7 Å². The topological polar surface area (TPSA) is 63.1 Å². The average Bonchev–Trinajstić information content (AvgIpc) is 3.08. The number of nitrogens with zero attached hydrogens (tertiary/aromatic N) is 4. The van der Waals surface area contributed by atoms with E-state index in [-0.39, 0.29) is 11.9 Å². The fourth-order valence-electron chi connectivity index (χ4n) is 3.98. The highest BCUT2D eigenvalue weighted by atomic mass is 16.2. The van der Waals surface area contributed by atoms with E-state index in [1.54, 1.807) is 6.20 Å². The number of aromatic nitrogens is 3. The van der Waals surface area contributed by atoms with Gasteiger partial charge in [-0.2, -0.15) is 5.10 Å². The quantitative estimate of drug-likeness (QED) is 0.719. The molecule has 1 saturated heterocycles. The highest BCUT2D eigenvalue weighted by Gasteiger charge is 2.29. The number of pyridine rings is 1. The number of anilines is 1. The molecule has 0 radical (unpaired) electrons. The normalized spacial score (nSPS) is 17.2. The molecule has 0 saturated carbocycles. The van der Waals surface area contributed by atoms with Gasteiger partial charge in [0.1, 0.15) is 0 Å². The number of carbonyl (C=O) groups excluding carboxylic acids is 1. The second-order valence-electron chi connectivity index (χ2n) is 7.68. The summed E-state index contributed by atoms with van der Waals surface area (Å²) in [4.78, 5) is 19.6. The molecule has 4 rings (SSSR count). The third-order valence-corrected chi connectivity index (χ3v) is 5.40. The summed E-state index contributed by atoms with van der Waals surface area (Å²) in [5.41, 5.74) is 4.88. The first-order chi connectivity index (χ1) is 14.1. The van der Waals surface area contributed by atoms with Crippen molar-refractivity contribution in [1.29, 1.82) is 0 Å². The highest BCUT2D eigenvalue weighted by Crippen LogP contribution is 2.22. The maximum Gasteiger partial charge on any atom is 0.241 e. The molecule has 2 aromatic heterocycles. The van der Waals surface area contributed by atoms with Crippen LogP contribution in [0.1, 0.15) is 36.3 Å². The Morgan fingerprint density at radius 1 is 1.14 bits per heavy atom. The van der Waals surface area contributed by atoms with Gasteiger partial charge in [-0.1, -0.05) is 12.5 Å². The zero-order valence-electron chi connectivity index (χ0n) is 17.0. The Balaban J connectivity index is 1.44. The van der Waals surface area contributed by atoms with Gasteiger partial charge >= 0.3 is 0 Å². The summed E-state index contributed by atoms with van der Waals surface area (Å²) in [6, 6.07) is 15.7. The van der Waals surface area contributed by atoms with E-state index in [0.717, 1.165) is 54.3 Å². The summed E-state index contributed by atoms with van der Waals surface area (Å²) in [5.74, 6) is 0.0551. The van der Waals surface area contributed by atoms with Gasteiger partial charge in [-0.25, -0.2) is 4.68 Å². The molecule has 1 aromatic carbocycles. The molecular weight excluding hydrogens is 362 g/mol. The molecule has 1 fully saturated rings. The van der Waals surface area contributed by atoms with E-state index in [2.05, 4.69) is 26.4 Å². The number of hydrogen-bond acceptors (Lipinski definition) is 4. The van der Waals surface area contributed by atoms with Crippen molar-refractivity contribution in [2.24, 2.45) is 0 Å². The fraction of sp³-hybridized carbons (Fsp3) is 0.348. The van der Waals surface area contributed by atoms with Crippen LogP contribution in [0.4, 0.5) is 5.69 Å². The van der Waals surface area contributed by atoms with Crippen LogP contribution in [0.15, 0.2) is 54.7 Å². The van der Waals surface area contributed by atoms with Crippen LogP contribution in [0.5, 0.6) is 0 Å². The van der Waals surface area contributed by atoms with E-state index >= 15 is 0 Å². The predicted octanol–water partition coefficient (Wildman–Crippen LogP) is 3.88. The molecule has 0 bridgehead atoms. The smallest absolute Gasteiger partial charge is 0.241 e. The minimum atomic E-state index is -0.124. The molecule has 0 unspecified atom stereocenters. The first kappa shape index (κ1) is 19.3. The Bertz CT molecular complexity index is 965. The number of aryl methyl sites for hydroxylation is 2. The maximum absolute atomic E-state index is 13.0. The number of likely N-dealkylation sites (tertiary alicyclic amines) is 1. The van der Waals surface area contributed by atoms with Crippen molar-refractivity contribution in [1.82, 2.24) is 19.7 Å².